The van der Waals surface area contributed by atoms with Crippen molar-refractivity contribution in [3.8, 4) is 0 Å². The fourth-order valence-corrected chi connectivity index (χ4v) is 1.49. The highest BCUT2D eigenvalue weighted by Crippen LogP contribution is 2.31. The molecule has 1 aliphatic heterocycles. The zero-order valence-corrected chi connectivity index (χ0v) is 7.16. The monoisotopic (exact) mass is 207 g/mol. The van der Waals surface area contributed by atoms with Crippen LogP contribution in [0.3, 0.4) is 0 Å². The van der Waals surface area contributed by atoms with E-state index >= 15 is 0 Å². The van der Waals surface area contributed by atoms with Crippen LogP contribution in [0.4, 0.5) is 19.2 Å². The van der Waals surface area contributed by atoms with E-state index in [-0.39, 0.29) is 5.92 Å². The number of hydrogen-bond acceptors (Lipinski definition) is 4. The molecule has 0 unspecified atom stereocenters. The van der Waals surface area contributed by atoms with Crippen LogP contribution in [0.5, 0.6) is 0 Å². The molecule has 0 saturated carbocycles. The van der Waals surface area contributed by atoms with Crippen molar-refractivity contribution in [2.24, 2.45) is 5.92 Å². The maximum atomic E-state index is 11.9. The van der Waals surface area contributed by atoms with Gasteiger partial charge in [0.15, 0.2) is 0 Å². The van der Waals surface area contributed by atoms with Crippen molar-refractivity contribution in [3.63, 3.8) is 0 Å². The maximum Gasteiger partial charge on any atom is 0.389 e. The normalized spacial score (nSPS) is 18.4. The fraction of sp³-hybridized carbons (Fsp3) is 0.714. The Labute approximate surface area is 77.7 Å². The van der Waals surface area contributed by atoms with Crippen LogP contribution in [-0.2, 0) is 0 Å². The number of halogens is 3. The number of rotatable bonds is 2. The molecule has 4 nitrogen and oxygen atoms in total. The number of alkyl halides is 3. The SMILES string of the molecule is FC(F)(F)CC1CN(c2nnco2)C1. The summed E-state index contributed by atoms with van der Waals surface area (Å²) in [7, 11) is 0. The maximum absolute atomic E-state index is 11.9. The average molecular weight is 207 g/mol. The van der Waals surface area contributed by atoms with E-state index in [9.17, 15) is 13.2 Å². The highest BCUT2D eigenvalue weighted by molar-refractivity contribution is 5.28. The molecule has 2 rings (SSSR count). The molecule has 1 fully saturated rings. The van der Waals surface area contributed by atoms with Crippen LogP contribution in [0, 0.1) is 5.92 Å². The lowest BCUT2D eigenvalue weighted by Crippen LogP contribution is -2.48. The minimum Gasteiger partial charge on any atom is -0.411 e. The first kappa shape index (κ1) is 9.29. The van der Waals surface area contributed by atoms with Gasteiger partial charge < -0.3 is 9.32 Å². The molecule has 14 heavy (non-hydrogen) atoms. The van der Waals surface area contributed by atoms with Gasteiger partial charge in [0.05, 0.1) is 0 Å². The Balaban J connectivity index is 1.80. The molecule has 2 heterocycles. The molecule has 0 N–H and O–H groups in total. The molecule has 0 aromatic carbocycles. The number of nitrogens with zero attached hydrogens (tertiary/aromatic N) is 3. The third-order valence-corrected chi connectivity index (χ3v) is 2.10. The third kappa shape index (κ3) is 1.97. The molecule has 78 valence electrons. The Morgan fingerprint density at radius 3 is 2.71 bits per heavy atom. The molecule has 7 heteroatoms. The smallest absolute Gasteiger partial charge is 0.389 e. The van der Waals surface area contributed by atoms with Gasteiger partial charge in [-0.15, -0.1) is 5.10 Å². The molecule has 0 atom stereocenters. The Morgan fingerprint density at radius 2 is 2.21 bits per heavy atom. The van der Waals surface area contributed by atoms with E-state index in [1.54, 1.807) is 4.90 Å². The summed E-state index contributed by atoms with van der Waals surface area (Å²) >= 11 is 0. The van der Waals surface area contributed by atoms with Gasteiger partial charge in [0.25, 0.3) is 0 Å². The lowest BCUT2D eigenvalue weighted by molar-refractivity contribution is -0.146. The van der Waals surface area contributed by atoms with E-state index < -0.39 is 12.6 Å². The van der Waals surface area contributed by atoms with E-state index in [1.165, 1.54) is 0 Å². The topological polar surface area (TPSA) is 42.2 Å². The fourth-order valence-electron chi connectivity index (χ4n) is 1.49. The lowest BCUT2D eigenvalue weighted by atomic mass is 9.97. The van der Waals surface area contributed by atoms with Crippen molar-refractivity contribution in [1.82, 2.24) is 10.2 Å². The molecule has 0 radical (unpaired) electrons. The van der Waals surface area contributed by atoms with Gasteiger partial charge in [-0.25, -0.2) is 0 Å². The van der Waals surface area contributed by atoms with Crippen LogP contribution in [-0.4, -0.2) is 29.5 Å². The molecule has 1 aliphatic rings. The summed E-state index contributed by atoms with van der Waals surface area (Å²) in [4.78, 5) is 1.63. The van der Waals surface area contributed by atoms with Crippen LogP contribution in [0.1, 0.15) is 6.42 Å². The van der Waals surface area contributed by atoms with Crippen molar-refractivity contribution >= 4 is 6.01 Å². The Bertz CT molecular complexity index is 292. The zero-order valence-electron chi connectivity index (χ0n) is 7.16. The Hall–Kier alpha value is -1.27. The summed E-state index contributed by atoms with van der Waals surface area (Å²) in [5.41, 5.74) is 0. The van der Waals surface area contributed by atoms with Crippen LogP contribution in [0.25, 0.3) is 0 Å². The van der Waals surface area contributed by atoms with Crippen molar-refractivity contribution in [3.05, 3.63) is 6.39 Å². The quantitative estimate of drug-likeness (QED) is 0.736. The number of hydrogen-bond donors (Lipinski definition) is 0. The summed E-state index contributed by atoms with van der Waals surface area (Å²) in [6.45, 7) is 0.670. The van der Waals surface area contributed by atoms with Gasteiger partial charge in [-0.1, -0.05) is 5.10 Å². The largest absolute Gasteiger partial charge is 0.411 e. The van der Waals surface area contributed by atoms with E-state index in [1.807, 2.05) is 0 Å². The van der Waals surface area contributed by atoms with Gasteiger partial charge in [-0.05, 0) is 0 Å². The third-order valence-electron chi connectivity index (χ3n) is 2.10. The molecule has 0 aliphatic carbocycles. The standard InChI is InChI=1S/C7H8F3N3O/c8-7(9,10)1-5-2-13(3-5)6-12-11-4-14-6/h4-5H,1-3H2. The minimum absolute atomic E-state index is 0.295. The van der Waals surface area contributed by atoms with Crippen LogP contribution in [0.2, 0.25) is 0 Å². The molecule has 1 aromatic rings. The van der Waals surface area contributed by atoms with Gasteiger partial charge in [-0.2, -0.15) is 13.2 Å². The lowest BCUT2D eigenvalue weighted by Gasteiger charge is -2.37. The van der Waals surface area contributed by atoms with E-state index in [4.69, 9.17) is 4.42 Å². The van der Waals surface area contributed by atoms with Crippen LogP contribution < -0.4 is 4.90 Å². The number of aromatic nitrogens is 2. The predicted molar refractivity (Wildman–Crippen MR) is 40.7 cm³/mol. The molecule has 1 aromatic heterocycles. The van der Waals surface area contributed by atoms with Crippen molar-refractivity contribution in [2.75, 3.05) is 18.0 Å². The summed E-state index contributed by atoms with van der Waals surface area (Å²) in [5.74, 6) is -0.345. The van der Waals surface area contributed by atoms with Crippen molar-refractivity contribution in [1.29, 1.82) is 0 Å². The summed E-state index contributed by atoms with van der Waals surface area (Å²) in [6, 6.07) is 0.295. The second kappa shape index (κ2) is 3.14. The van der Waals surface area contributed by atoms with Gasteiger partial charge in [0, 0.05) is 25.4 Å². The van der Waals surface area contributed by atoms with Crippen LogP contribution in [0.15, 0.2) is 10.8 Å². The van der Waals surface area contributed by atoms with E-state index in [2.05, 4.69) is 10.2 Å². The highest BCUT2D eigenvalue weighted by atomic mass is 19.4. The van der Waals surface area contributed by atoms with Gasteiger partial charge in [0.1, 0.15) is 0 Å². The highest BCUT2D eigenvalue weighted by Gasteiger charge is 2.39. The van der Waals surface area contributed by atoms with Gasteiger partial charge in [-0.3, -0.25) is 0 Å². The minimum atomic E-state index is -4.08. The Morgan fingerprint density at radius 1 is 1.50 bits per heavy atom. The van der Waals surface area contributed by atoms with Crippen molar-refractivity contribution < 1.29 is 17.6 Å². The van der Waals surface area contributed by atoms with E-state index in [0.29, 0.717) is 19.1 Å². The first-order valence-corrected chi connectivity index (χ1v) is 4.12. The zero-order chi connectivity index (χ0) is 10.2. The second-order valence-corrected chi connectivity index (χ2v) is 3.31. The van der Waals surface area contributed by atoms with Gasteiger partial charge in [0.2, 0.25) is 6.39 Å². The van der Waals surface area contributed by atoms with E-state index in [0.717, 1.165) is 6.39 Å². The molecule has 0 amide bonds. The first-order valence-electron chi connectivity index (χ1n) is 4.12. The second-order valence-electron chi connectivity index (χ2n) is 3.31. The molecule has 0 spiro atoms. The van der Waals surface area contributed by atoms with Gasteiger partial charge >= 0.3 is 12.2 Å². The van der Waals surface area contributed by atoms with Crippen molar-refractivity contribution in [2.45, 2.75) is 12.6 Å². The molecular formula is C7H8F3N3O. The van der Waals surface area contributed by atoms with Crippen LogP contribution >= 0.6 is 0 Å². The average Bonchev–Trinajstić information content (AvgIpc) is 2.45. The number of anilines is 1. The molecular weight excluding hydrogens is 199 g/mol. The summed E-state index contributed by atoms with van der Waals surface area (Å²) in [6.07, 6.45) is -3.66. The summed E-state index contributed by atoms with van der Waals surface area (Å²) < 4.78 is 40.6. The predicted octanol–water partition coefficient (Wildman–Crippen LogP) is 1.46. The Kier molecular flexibility index (Phi) is 2.09. The summed E-state index contributed by atoms with van der Waals surface area (Å²) in [5, 5.41) is 7.04. The molecule has 0 bridgehead atoms. The molecule has 1 saturated heterocycles. The first-order chi connectivity index (χ1) is 6.54.